The minimum Gasteiger partial charge on any atom is -0.508 e. The number of ketones is 1. The maximum absolute atomic E-state index is 13.2. The van der Waals surface area contributed by atoms with Gasteiger partial charge < -0.3 is 10.2 Å². The van der Waals surface area contributed by atoms with Crippen LogP contribution in [0, 0.1) is 23.2 Å². The van der Waals surface area contributed by atoms with Crippen molar-refractivity contribution in [1.29, 1.82) is 0 Å². The lowest BCUT2D eigenvalue weighted by Gasteiger charge is -2.52. The average Bonchev–Trinajstić information content (AvgIpc) is 2.86. The first kappa shape index (κ1) is 15.9. The van der Waals surface area contributed by atoms with E-state index in [9.17, 15) is 15.0 Å². The number of phenols is 1. The van der Waals surface area contributed by atoms with Crippen LogP contribution in [-0.4, -0.2) is 22.1 Å². The number of fused-ring (bicyclic) bond motifs is 5. The van der Waals surface area contributed by atoms with E-state index >= 15 is 0 Å². The van der Waals surface area contributed by atoms with E-state index in [0.717, 1.165) is 31.2 Å². The Balaban J connectivity index is 1.84. The monoisotopic (exact) mass is 326 g/mol. The Hall–Kier alpha value is -1.61. The van der Waals surface area contributed by atoms with Gasteiger partial charge in [-0.1, -0.05) is 19.1 Å². The quantitative estimate of drug-likeness (QED) is 0.806. The molecule has 0 radical (unpaired) electrons. The summed E-state index contributed by atoms with van der Waals surface area (Å²) in [5, 5.41) is 20.4. The largest absolute Gasteiger partial charge is 0.508 e. The molecule has 0 saturated heterocycles. The van der Waals surface area contributed by atoms with Crippen LogP contribution in [0.1, 0.15) is 60.9 Å². The molecule has 2 fully saturated rings. The summed E-state index contributed by atoms with van der Waals surface area (Å²) in [6.07, 6.45) is 6.16. The van der Waals surface area contributed by atoms with Crippen molar-refractivity contribution >= 4 is 5.78 Å². The van der Waals surface area contributed by atoms with E-state index in [1.54, 1.807) is 12.1 Å². The highest BCUT2D eigenvalue weighted by atomic mass is 16.3. The van der Waals surface area contributed by atoms with Gasteiger partial charge in [-0.3, -0.25) is 4.79 Å². The summed E-state index contributed by atoms with van der Waals surface area (Å²) in [6, 6.07) is 5.29. The normalized spacial score (nSPS) is 40.6. The fraction of sp³-hybridized carbons (Fsp3) is 0.571. The second-order valence-electron chi connectivity index (χ2n) is 8.19. The van der Waals surface area contributed by atoms with Gasteiger partial charge in [0.15, 0.2) is 5.78 Å². The van der Waals surface area contributed by atoms with E-state index in [0.29, 0.717) is 23.8 Å². The maximum Gasteiger partial charge on any atom is 0.166 e. The number of aliphatic hydroxyl groups is 1. The number of aliphatic hydroxyl groups excluding tert-OH is 1. The molecule has 4 rings (SSSR count). The molecule has 2 saturated carbocycles. The molecule has 0 spiro atoms. The molecular formula is C21H26O3. The van der Waals surface area contributed by atoms with Crippen LogP contribution in [-0.2, 0) is 0 Å². The Morgan fingerprint density at radius 3 is 2.88 bits per heavy atom. The van der Waals surface area contributed by atoms with Crippen LogP contribution in [0.3, 0.4) is 0 Å². The lowest BCUT2D eigenvalue weighted by Crippen LogP contribution is -2.48. The number of phenolic OH excluding ortho intramolecular Hbond substituents is 1. The lowest BCUT2D eigenvalue weighted by atomic mass is 9.52. The van der Waals surface area contributed by atoms with Gasteiger partial charge in [0, 0.05) is 11.5 Å². The second-order valence-corrected chi connectivity index (χ2v) is 8.19. The zero-order valence-electron chi connectivity index (χ0n) is 14.2. The summed E-state index contributed by atoms with van der Waals surface area (Å²) >= 11 is 0. The summed E-state index contributed by atoms with van der Waals surface area (Å²) in [7, 11) is 0. The van der Waals surface area contributed by atoms with Gasteiger partial charge in [-0.25, -0.2) is 0 Å². The summed E-state index contributed by atoms with van der Waals surface area (Å²) < 4.78 is 0. The number of benzene rings is 1. The molecule has 3 nitrogen and oxygen atoms in total. The first-order valence-electron chi connectivity index (χ1n) is 9.13. The highest BCUT2D eigenvalue weighted by Crippen LogP contribution is 2.62. The number of hydrogen-bond donors (Lipinski definition) is 2. The lowest BCUT2D eigenvalue weighted by molar-refractivity contribution is -0.0335. The molecule has 0 heterocycles. The van der Waals surface area contributed by atoms with E-state index in [1.165, 1.54) is 0 Å². The number of carbonyl (C=O) groups excluding carboxylic acids is 1. The SMILES string of the molecule is C=CC[C@@H]1C(=O)c2cc(O)ccc2C2CC[C@@]3(C)C(CC[C@@H]3O)C21. The third-order valence-electron chi connectivity index (χ3n) is 7.21. The Kier molecular flexibility index (Phi) is 3.61. The molecule has 128 valence electrons. The van der Waals surface area contributed by atoms with E-state index in [-0.39, 0.29) is 34.9 Å². The summed E-state index contributed by atoms with van der Waals surface area (Å²) in [5.41, 5.74) is 1.74. The molecule has 0 aromatic heterocycles. The molecule has 3 aliphatic carbocycles. The molecule has 1 aromatic carbocycles. The molecule has 3 aliphatic rings. The number of allylic oxidation sites excluding steroid dienone is 1. The number of carbonyl (C=O) groups is 1. The van der Waals surface area contributed by atoms with Gasteiger partial charge in [0.1, 0.15) is 5.75 Å². The fourth-order valence-corrected chi connectivity index (χ4v) is 5.99. The molecule has 0 bridgehead atoms. The number of aromatic hydroxyl groups is 1. The molecular weight excluding hydrogens is 300 g/mol. The topological polar surface area (TPSA) is 57.5 Å². The van der Waals surface area contributed by atoms with Crippen molar-refractivity contribution in [3.63, 3.8) is 0 Å². The van der Waals surface area contributed by atoms with E-state index in [2.05, 4.69) is 13.5 Å². The predicted octanol–water partition coefficient (Wildman–Crippen LogP) is 4.05. The van der Waals surface area contributed by atoms with Gasteiger partial charge in [0.25, 0.3) is 0 Å². The summed E-state index contributed by atoms with van der Waals surface area (Å²) in [6.45, 7) is 6.08. The third-order valence-corrected chi connectivity index (χ3v) is 7.21. The van der Waals surface area contributed by atoms with Gasteiger partial charge in [0.2, 0.25) is 0 Å². The predicted molar refractivity (Wildman–Crippen MR) is 93.0 cm³/mol. The van der Waals surface area contributed by atoms with Crippen molar-refractivity contribution in [2.75, 3.05) is 0 Å². The average molecular weight is 326 g/mol. The minimum atomic E-state index is -0.246. The zero-order chi connectivity index (χ0) is 17.1. The molecule has 6 atom stereocenters. The van der Waals surface area contributed by atoms with Crippen molar-refractivity contribution in [2.45, 2.75) is 51.0 Å². The number of Topliss-reactive ketones (excluding diaryl/α,β-unsaturated/α-hetero) is 1. The molecule has 0 amide bonds. The smallest absolute Gasteiger partial charge is 0.166 e. The first-order chi connectivity index (χ1) is 11.5. The van der Waals surface area contributed by atoms with Crippen molar-refractivity contribution in [3.8, 4) is 5.75 Å². The molecule has 3 heteroatoms. The van der Waals surface area contributed by atoms with E-state index in [4.69, 9.17) is 0 Å². The van der Waals surface area contributed by atoms with Gasteiger partial charge in [0.05, 0.1) is 6.10 Å². The molecule has 24 heavy (non-hydrogen) atoms. The number of rotatable bonds is 2. The minimum absolute atomic E-state index is 0.0602. The number of hydrogen-bond acceptors (Lipinski definition) is 3. The van der Waals surface area contributed by atoms with Crippen LogP contribution in [0.15, 0.2) is 30.9 Å². The Morgan fingerprint density at radius 1 is 1.33 bits per heavy atom. The molecule has 0 aliphatic heterocycles. The van der Waals surface area contributed by atoms with Crippen LogP contribution in [0.25, 0.3) is 0 Å². The fourth-order valence-electron chi connectivity index (χ4n) is 5.99. The second kappa shape index (κ2) is 5.45. The highest BCUT2D eigenvalue weighted by molar-refractivity contribution is 6.01. The highest BCUT2D eigenvalue weighted by Gasteiger charge is 2.58. The van der Waals surface area contributed by atoms with Crippen LogP contribution in [0.2, 0.25) is 0 Å². The Bertz CT molecular complexity index is 694. The summed E-state index contributed by atoms with van der Waals surface area (Å²) in [4.78, 5) is 13.2. The van der Waals surface area contributed by atoms with Crippen molar-refractivity contribution < 1.29 is 15.0 Å². The summed E-state index contributed by atoms with van der Waals surface area (Å²) in [5.74, 6) is 1.26. The Morgan fingerprint density at radius 2 is 2.12 bits per heavy atom. The van der Waals surface area contributed by atoms with E-state index < -0.39 is 0 Å². The van der Waals surface area contributed by atoms with Crippen LogP contribution >= 0.6 is 0 Å². The maximum atomic E-state index is 13.2. The standard InChI is InChI=1S/C21H26O3/c1-3-4-15-19-14(9-10-21(2)17(19)7-8-18(21)23)13-6-5-12(22)11-16(13)20(15)24/h3,5-6,11,14-15,17-19,22-23H,1,4,7-10H2,2H3/t14?,15-,17?,18-,19?,21-/m0/s1. The van der Waals surface area contributed by atoms with Crippen LogP contribution in [0.4, 0.5) is 0 Å². The van der Waals surface area contributed by atoms with Crippen LogP contribution in [0.5, 0.6) is 5.75 Å². The Labute approximate surface area is 143 Å². The first-order valence-corrected chi connectivity index (χ1v) is 9.13. The van der Waals surface area contributed by atoms with Gasteiger partial charge >= 0.3 is 0 Å². The zero-order valence-corrected chi connectivity index (χ0v) is 14.2. The van der Waals surface area contributed by atoms with E-state index in [1.807, 2.05) is 12.1 Å². The van der Waals surface area contributed by atoms with Crippen molar-refractivity contribution in [3.05, 3.63) is 42.0 Å². The van der Waals surface area contributed by atoms with Crippen molar-refractivity contribution in [2.24, 2.45) is 23.2 Å². The molecule has 1 aromatic rings. The van der Waals surface area contributed by atoms with Gasteiger partial charge in [-0.05, 0) is 73.0 Å². The van der Waals surface area contributed by atoms with Crippen molar-refractivity contribution in [1.82, 2.24) is 0 Å². The molecule has 2 N–H and O–H groups in total. The third kappa shape index (κ3) is 2.03. The molecule has 3 unspecified atom stereocenters. The van der Waals surface area contributed by atoms with Gasteiger partial charge in [-0.2, -0.15) is 0 Å². The van der Waals surface area contributed by atoms with Gasteiger partial charge in [-0.15, -0.1) is 6.58 Å². The van der Waals surface area contributed by atoms with Crippen LogP contribution < -0.4 is 0 Å².